The number of allylic oxidation sites excluding steroid dienone is 7. The standard InChI is InChI=1S/C20H30F2O2/c1-2-3-4-5-6-8-11-14-17-20(21,22)18-15-12-9-7-10-13-16-19(23)24/h7,9,13-18H,2-6,8,10-12H2,1H3,(H,23,24). The Morgan fingerprint density at radius 1 is 0.875 bits per heavy atom. The molecule has 0 radical (unpaired) electrons. The molecule has 0 spiro atoms. The number of aliphatic carboxylic acids is 1. The lowest BCUT2D eigenvalue weighted by Gasteiger charge is -2.05. The van der Waals surface area contributed by atoms with Crippen molar-refractivity contribution in [3.8, 4) is 0 Å². The molecule has 0 aliphatic carbocycles. The first kappa shape index (κ1) is 22.3. The van der Waals surface area contributed by atoms with Crippen LogP contribution in [0.5, 0.6) is 0 Å². The van der Waals surface area contributed by atoms with Gasteiger partial charge in [-0.25, -0.2) is 4.79 Å². The van der Waals surface area contributed by atoms with Crippen molar-refractivity contribution >= 4 is 5.97 Å². The van der Waals surface area contributed by atoms with E-state index in [2.05, 4.69) is 6.92 Å². The van der Waals surface area contributed by atoms with Gasteiger partial charge in [-0.15, -0.1) is 0 Å². The third kappa shape index (κ3) is 16.7. The van der Waals surface area contributed by atoms with Gasteiger partial charge in [-0.1, -0.05) is 69.4 Å². The van der Waals surface area contributed by atoms with Crippen LogP contribution in [0.15, 0.2) is 48.6 Å². The van der Waals surface area contributed by atoms with E-state index >= 15 is 0 Å². The fourth-order valence-electron chi connectivity index (χ4n) is 2.08. The third-order valence-electron chi connectivity index (χ3n) is 3.38. The highest BCUT2D eigenvalue weighted by molar-refractivity contribution is 5.79. The van der Waals surface area contributed by atoms with Crippen LogP contribution >= 0.6 is 0 Å². The number of halogens is 2. The molecule has 0 bridgehead atoms. The van der Waals surface area contributed by atoms with E-state index in [1.54, 1.807) is 18.2 Å². The zero-order valence-corrected chi connectivity index (χ0v) is 14.6. The summed E-state index contributed by atoms with van der Waals surface area (Å²) in [5.41, 5.74) is 0. The van der Waals surface area contributed by atoms with Gasteiger partial charge in [-0.2, -0.15) is 8.78 Å². The summed E-state index contributed by atoms with van der Waals surface area (Å²) < 4.78 is 27.1. The molecular weight excluding hydrogens is 310 g/mol. The Kier molecular flexibility index (Phi) is 13.8. The van der Waals surface area contributed by atoms with Crippen molar-refractivity contribution < 1.29 is 18.7 Å². The third-order valence-corrected chi connectivity index (χ3v) is 3.38. The molecule has 2 nitrogen and oxygen atoms in total. The number of unbranched alkanes of at least 4 members (excludes halogenated alkanes) is 6. The van der Waals surface area contributed by atoms with E-state index in [9.17, 15) is 13.6 Å². The van der Waals surface area contributed by atoms with Crippen LogP contribution in [0, 0.1) is 0 Å². The quantitative estimate of drug-likeness (QED) is 0.224. The molecule has 0 aromatic carbocycles. The second-order valence-electron chi connectivity index (χ2n) is 5.72. The van der Waals surface area contributed by atoms with Crippen molar-refractivity contribution in [1.82, 2.24) is 0 Å². The van der Waals surface area contributed by atoms with Crippen molar-refractivity contribution in [3.05, 3.63) is 48.6 Å². The first-order valence-electron chi connectivity index (χ1n) is 8.75. The molecule has 24 heavy (non-hydrogen) atoms. The van der Waals surface area contributed by atoms with Gasteiger partial charge in [0.05, 0.1) is 0 Å². The van der Waals surface area contributed by atoms with Gasteiger partial charge in [0.15, 0.2) is 0 Å². The molecule has 0 saturated heterocycles. The van der Waals surface area contributed by atoms with Crippen LogP contribution in [0.3, 0.4) is 0 Å². The normalized spacial score (nSPS) is 13.1. The summed E-state index contributed by atoms with van der Waals surface area (Å²) in [7, 11) is 0. The number of hydrogen-bond acceptors (Lipinski definition) is 1. The smallest absolute Gasteiger partial charge is 0.327 e. The summed E-state index contributed by atoms with van der Waals surface area (Å²) in [4.78, 5) is 10.2. The molecule has 0 heterocycles. The first-order valence-corrected chi connectivity index (χ1v) is 8.75. The maximum Gasteiger partial charge on any atom is 0.327 e. The molecule has 0 fully saturated rings. The van der Waals surface area contributed by atoms with Crippen LogP contribution in [0.1, 0.15) is 64.7 Å². The number of rotatable bonds is 14. The summed E-state index contributed by atoms with van der Waals surface area (Å²) in [6.07, 6.45) is 19.4. The SMILES string of the molecule is CCCCCCCCC=CC(F)(F)C=CCC=CCC=CC(=O)O. The number of alkyl halides is 2. The monoisotopic (exact) mass is 340 g/mol. The first-order chi connectivity index (χ1) is 11.5. The van der Waals surface area contributed by atoms with E-state index in [-0.39, 0.29) is 0 Å². The topological polar surface area (TPSA) is 37.3 Å². The van der Waals surface area contributed by atoms with Gasteiger partial charge < -0.3 is 5.11 Å². The highest BCUT2D eigenvalue weighted by Crippen LogP contribution is 2.18. The average molecular weight is 340 g/mol. The molecule has 4 heteroatoms. The summed E-state index contributed by atoms with van der Waals surface area (Å²) >= 11 is 0. The molecule has 0 rings (SSSR count). The molecule has 0 atom stereocenters. The van der Waals surface area contributed by atoms with Crippen molar-refractivity contribution in [3.63, 3.8) is 0 Å². The van der Waals surface area contributed by atoms with E-state index in [0.29, 0.717) is 19.3 Å². The number of hydrogen-bond donors (Lipinski definition) is 1. The Bertz CT molecular complexity index is 435. The molecule has 1 N–H and O–H groups in total. The molecule has 0 aliphatic heterocycles. The highest BCUT2D eigenvalue weighted by Gasteiger charge is 2.19. The molecule has 0 amide bonds. The lowest BCUT2D eigenvalue weighted by atomic mass is 10.1. The van der Waals surface area contributed by atoms with Gasteiger partial charge in [0.25, 0.3) is 5.92 Å². The van der Waals surface area contributed by atoms with E-state index in [0.717, 1.165) is 31.1 Å². The van der Waals surface area contributed by atoms with Gasteiger partial charge in [-0.3, -0.25) is 0 Å². The lowest BCUT2D eigenvalue weighted by Crippen LogP contribution is -2.06. The minimum Gasteiger partial charge on any atom is -0.478 e. The summed E-state index contributed by atoms with van der Waals surface area (Å²) in [6, 6.07) is 0. The molecule has 136 valence electrons. The Balaban J connectivity index is 3.84. The van der Waals surface area contributed by atoms with Crippen LogP contribution in [0.4, 0.5) is 8.78 Å². The Morgan fingerprint density at radius 2 is 1.46 bits per heavy atom. The molecule has 0 aliphatic rings. The fourth-order valence-corrected chi connectivity index (χ4v) is 2.08. The van der Waals surface area contributed by atoms with Gasteiger partial charge in [0, 0.05) is 6.08 Å². The Hall–Kier alpha value is -1.71. The van der Waals surface area contributed by atoms with Gasteiger partial charge in [0.1, 0.15) is 0 Å². The fraction of sp³-hybridized carbons (Fsp3) is 0.550. The van der Waals surface area contributed by atoms with Gasteiger partial charge >= 0.3 is 5.97 Å². The lowest BCUT2D eigenvalue weighted by molar-refractivity contribution is -0.131. The van der Waals surface area contributed by atoms with Crippen LogP contribution in [-0.2, 0) is 4.79 Å². The van der Waals surface area contributed by atoms with Crippen molar-refractivity contribution in [2.75, 3.05) is 0 Å². The van der Waals surface area contributed by atoms with E-state index in [4.69, 9.17) is 5.11 Å². The molecule has 0 unspecified atom stereocenters. The number of carboxylic acid groups (broad SMARTS) is 1. The highest BCUT2D eigenvalue weighted by atomic mass is 19.3. The maximum absolute atomic E-state index is 13.5. The summed E-state index contributed by atoms with van der Waals surface area (Å²) in [6.45, 7) is 2.17. The summed E-state index contributed by atoms with van der Waals surface area (Å²) in [5, 5.41) is 8.38. The average Bonchev–Trinajstić information content (AvgIpc) is 2.52. The minimum atomic E-state index is -2.90. The van der Waals surface area contributed by atoms with Crippen molar-refractivity contribution in [2.24, 2.45) is 0 Å². The van der Waals surface area contributed by atoms with E-state index in [1.807, 2.05) is 0 Å². The largest absolute Gasteiger partial charge is 0.478 e. The zero-order chi connectivity index (χ0) is 18.1. The molecule has 0 aromatic rings. The second-order valence-corrected chi connectivity index (χ2v) is 5.72. The maximum atomic E-state index is 13.5. The number of carboxylic acids is 1. The predicted octanol–water partition coefficient (Wildman–Crippen LogP) is 6.46. The van der Waals surface area contributed by atoms with Crippen molar-refractivity contribution in [1.29, 1.82) is 0 Å². The van der Waals surface area contributed by atoms with E-state index < -0.39 is 11.9 Å². The van der Waals surface area contributed by atoms with Gasteiger partial charge in [-0.05, 0) is 37.8 Å². The number of carbonyl (C=O) groups is 1. The molecule has 0 saturated carbocycles. The zero-order valence-electron chi connectivity index (χ0n) is 14.6. The van der Waals surface area contributed by atoms with Crippen LogP contribution in [0.25, 0.3) is 0 Å². The summed E-state index contributed by atoms with van der Waals surface area (Å²) in [5.74, 6) is -3.89. The van der Waals surface area contributed by atoms with Crippen LogP contribution in [-0.4, -0.2) is 17.0 Å². The molecule has 0 aromatic heterocycles. The van der Waals surface area contributed by atoms with Crippen LogP contribution < -0.4 is 0 Å². The predicted molar refractivity (Wildman–Crippen MR) is 96.4 cm³/mol. The van der Waals surface area contributed by atoms with Gasteiger partial charge in [0.2, 0.25) is 0 Å². The van der Waals surface area contributed by atoms with Crippen LogP contribution in [0.2, 0.25) is 0 Å². The molecular formula is C20H30F2O2. The van der Waals surface area contributed by atoms with Crippen molar-refractivity contribution in [2.45, 2.75) is 70.6 Å². The minimum absolute atomic E-state index is 0.405. The second kappa shape index (κ2) is 14.9. The van der Waals surface area contributed by atoms with E-state index in [1.165, 1.54) is 37.8 Å². The Morgan fingerprint density at radius 3 is 2.12 bits per heavy atom. The Labute approximate surface area is 144 Å².